The van der Waals surface area contributed by atoms with Crippen LogP contribution in [0.4, 0.5) is 43.9 Å². The standard InChI is InChI=1S/C52H37F10NP2/c53-47-32-16-18-33(19-17-32)48(63-65(41-23-37(47)22-38(25-41)50(54,55)56)42-26-39(51(57,58)59)24-40(27-42)52(60,61)62)49(34-10-2-1-3-11-34)64-28-35-20-14-30-8-4-6-12-43(30)45(35)46-36(29-64)21-15-31-9-5-7-13-44(31)46/h1-12,14-27,44,47-49,63H,13,28-29H2/t44?,47?,48-,49-,64?,65?/m0/s1. The monoisotopic (exact) mass is 927 g/mol. The Hall–Kier alpha value is -5.34. The van der Waals surface area contributed by atoms with Gasteiger partial charge in [-0.2, -0.15) is 39.5 Å². The van der Waals surface area contributed by atoms with Crippen LogP contribution in [0.1, 0.15) is 74.4 Å². The number of rotatable bonds is 4. The van der Waals surface area contributed by atoms with Crippen LogP contribution in [0.3, 0.4) is 0 Å². The van der Waals surface area contributed by atoms with Crippen LogP contribution in [0.25, 0.3) is 16.3 Å². The van der Waals surface area contributed by atoms with Crippen LogP contribution in [0, 0.1) is 5.92 Å². The van der Waals surface area contributed by atoms with E-state index in [1.54, 1.807) is 12.1 Å². The highest BCUT2D eigenvalue weighted by Gasteiger charge is 2.42. The third kappa shape index (κ3) is 8.30. The van der Waals surface area contributed by atoms with Crippen LogP contribution in [0.2, 0.25) is 0 Å². The van der Waals surface area contributed by atoms with Gasteiger partial charge >= 0.3 is 18.5 Å². The van der Waals surface area contributed by atoms with Crippen molar-refractivity contribution in [1.82, 2.24) is 5.09 Å². The molecule has 65 heavy (non-hydrogen) atoms. The lowest BCUT2D eigenvalue weighted by Gasteiger charge is -2.38. The molecule has 1 nitrogen and oxygen atoms in total. The summed E-state index contributed by atoms with van der Waals surface area (Å²) in [6.45, 7) is 0. The van der Waals surface area contributed by atoms with Gasteiger partial charge in [-0.05, 0) is 127 Å². The summed E-state index contributed by atoms with van der Waals surface area (Å²) in [5.74, 6) is 0.0677. The molecule has 4 bridgehead atoms. The number of hydrogen-bond acceptors (Lipinski definition) is 1. The van der Waals surface area contributed by atoms with Gasteiger partial charge in [0, 0.05) is 25.7 Å². The minimum absolute atomic E-state index is 0.00460. The molecule has 0 aromatic heterocycles. The van der Waals surface area contributed by atoms with Crippen LogP contribution >= 0.6 is 16.0 Å². The fraction of sp³-hybridized carbons (Fsp3) is 0.192. The number of alkyl halides is 10. The number of nitrogens with one attached hydrogen (secondary N) is 1. The van der Waals surface area contributed by atoms with Gasteiger partial charge in [0.2, 0.25) is 0 Å². The first-order valence-electron chi connectivity index (χ1n) is 20.9. The third-order valence-corrected chi connectivity index (χ3v) is 17.7. The van der Waals surface area contributed by atoms with E-state index in [0.717, 1.165) is 51.6 Å². The summed E-state index contributed by atoms with van der Waals surface area (Å²) < 4.78 is 148. The highest BCUT2D eigenvalue weighted by molar-refractivity contribution is 7.71. The van der Waals surface area contributed by atoms with Crippen molar-refractivity contribution in [3.8, 4) is 0 Å². The first kappa shape index (κ1) is 43.5. The van der Waals surface area contributed by atoms with Crippen molar-refractivity contribution >= 4 is 42.9 Å². The molecular formula is C52H37F10NP2. The lowest BCUT2D eigenvalue weighted by Crippen LogP contribution is -2.32. The second-order valence-electron chi connectivity index (χ2n) is 16.8. The molecule has 11 rings (SSSR count). The third-order valence-electron chi connectivity index (χ3n) is 12.8. The fourth-order valence-electron chi connectivity index (χ4n) is 9.78. The van der Waals surface area contributed by atoms with Gasteiger partial charge in [0.1, 0.15) is 0 Å². The van der Waals surface area contributed by atoms with Gasteiger partial charge in [-0.25, -0.2) is 4.39 Å². The summed E-state index contributed by atoms with van der Waals surface area (Å²) in [5.41, 5.74) is 1.73. The molecule has 0 saturated heterocycles. The van der Waals surface area contributed by atoms with Crippen molar-refractivity contribution < 1.29 is 43.9 Å². The first-order chi connectivity index (χ1) is 31.0. The van der Waals surface area contributed by atoms with Crippen molar-refractivity contribution in [3.05, 3.63) is 219 Å². The molecule has 330 valence electrons. The molecule has 1 N–H and O–H groups in total. The lowest BCUT2D eigenvalue weighted by molar-refractivity contribution is -0.143. The van der Waals surface area contributed by atoms with Gasteiger partial charge in [0.25, 0.3) is 0 Å². The van der Waals surface area contributed by atoms with Gasteiger partial charge in [-0.3, -0.25) is 5.09 Å². The van der Waals surface area contributed by atoms with Crippen LogP contribution in [0.5, 0.6) is 0 Å². The molecule has 3 heterocycles. The van der Waals surface area contributed by atoms with Crippen molar-refractivity contribution in [1.29, 1.82) is 0 Å². The maximum Gasteiger partial charge on any atom is 0.416 e. The van der Waals surface area contributed by atoms with E-state index in [4.69, 9.17) is 0 Å². The molecule has 0 amide bonds. The van der Waals surface area contributed by atoms with E-state index in [-0.39, 0.29) is 22.9 Å². The predicted octanol–water partition coefficient (Wildman–Crippen LogP) is 15.2. The summed E-state index contributed by atoms with van der Waals surface area (Å²) in [5, 5.41) is 4.88. The SMILES string of the molecule is FC1c2ccc(cc2)[C@@H]([C@H](c2ccccc2)P2CC3=C(c4c(ccc5ccccc45)C2)C2CC=CC=C2C=C3)NP(c2cc(C(F)(F)F)cc(C(F)(F)F)c2)c2cc1cc(C(F)(F)F)c2. The van der Waals surface area contributed by atoms with Gasteiger partial charge in [-0.15, -0.1) is 0 Å². The first-order valence-corrected chi connectivity index (χ1v) is 24.0. The van der Waals surface area contributed by atoms with E-state index < -0.39 is 80.0 Å². The maximum atomic E-state index is 16.6. The Morgan fingerprint density at radius 1 is 0.600 bits per heavy atom. The second kappa shape index (κ2) is 16.5. The van der Waals surface area contributed by atoms with Gasteiger partial charge in [0.05, 0.1) is 16.7 Å². The van der Waals surface area contributed by atoms with E-state index >= 15 is 4.39 Å². The average molecular weight is 928 g/mol. The largest absolute Gasteiger partial charge is 0.416 e. The molecule has 0 fully saturated rings. The molecule has 13 heteroatoms. The molecule has 4 unspecified atom stereocenters. The van der Waals surface area contributed by atoms with Crippen molar-refractivity contribution in [2.24, 2.45) is 5.92 Å². The van der Waals surface area contributed by atoms with Gasteiger partial charge in [0.15, 0.2) is 6.17 Å². The van der Waals surface area contributed by atoms with Crippen molar-refractivity contribution in [3.63, 3.8) is 0 Å². The van der Waals surface area contributed by atoms with E-state index in [9.17, 15) is 39.5 Å². The lowest BCUT2D eigenvalue weighted by atomic mass is 9.74. The minimum atomic E-state index is -5.24. The van der Waals surface area contributed by atoms with E-state index in [1.165, 1.54) is 23.3 Å². The molecule has 6 atom stereocenters. The molecular weight excluding hydrogens is 891 g/mol. The zero-order valence-electron chi connectivity index (χ0n) is 34.1. The zero-order valence-corrected chi connectivity index (χ0v) is 35.9. The summed E-state index contributed by atoms with van der Waals surface area (Å²) >= 11 is 0. The van der Waals surface area contributed by atoms with Crippen LogP contribution < -0.4 is 15.7 Å². The van der Waals surface area contributed by atoms with Crippen molar-refractivity contribution in [2.45, 2.75) is 49.0 Å². The molecule has 0 spiro atoms. The quantitative estimate of drug-likeness (QED) is 0.137. The Kier molecular flexibility index (Phi) is 11.1. The molecule has 3 aliphatic heterocycles. The number of benzene rings is 6. The van der Waals surface area contributed by atoms with Gasteiger partial charge < -0.3 is 0 Å². The van der Waals surface area contributed by atoms with Crippen LogP contribution in [-0.2, 0) is 24.7 Å². The molecule has 6 aromatic carbocycles. The van der Waals surface area contributed by atoms with Crippen LogP contribution in [0.15, 0.2) is 169 Å². The second-order valence-corrected chi connectivity index (χ2v) is 21.1. The fourth-order valence-corrected chi connectivity index (χ4v) is 15.3. The van der Waals surface area contributed by atoms with E-state index in [2.05, 4.69) is 59.7 Å². The minimum Gasteiger partial charge on any atom is -0.280 e. The number of hydrogen-bond donors (Lipinski definition) is 1. The molecule has 5 aliphatic rings. The topological polar surface area (TPSA) is 12.0 Å². The Balaban J connectivity index is 1.23. The Labute approximate surface area is 370 Å². The Morgan fingerprint density at radius 2 is 1.23 bits per heavy atom. The van der Waals surface area contributed by atoms with E-state index in [0.29, 0.717) is 36.1 Å². The van der Waals surface area contributed by atoms with E-state index in [1.807, 2.05) is 42.5 Å². The summed E-state index contributed by atoms with van der Waals surface area (Å²) in [7, 11) is -3.99. The zero-order chi connectivity index (χ0) is 45.4. The summed E-state index contributed by atoms with van der Waals surface area (Å²) in [6, 6.07) is 30.9. The molecule has 0 saturated carbocycles. The normalized spacial score (nSPS) is 22.4. The Bertz CT molecular complexity index is 2910. The average Bonchev–Trinajstić information content (AvgIpc) is 3.47. The highest BCUT2D eigenvalue weighted by atomic mass is 31.1. The molecule has 0 radical (unpaired) electrons. The molecule has 6 aromatic rings. The smallest absolute Gasteiger partial charge is 0.280 e. The highest BCUT2D eigenvalue weighted by Crippen LogP contribution is 2.64. The summed E-state index contributed by atoms with van der Waals surface area (Å²) in [6.07, 6.45) is -5.06. The number of fused-ring (bicyclic) bond motifs is 10. The number of halogens is 10. The molecule has 2 aliphatic carbocycles. The number of allylic oxidation sites excluding steroid dienone is 8. The van der Waals surface area contributed by atoms with Crippen LogP contribution in [-0.4, -0.2) is 6.16 Å². The maximum absolute atomic E-state index is 16.6. The summed E-state index contributed by atoms with van der Waals surface area (Å²) in [4.78, 5) is 0. The Morgan fingerprint density at radius 3 is 1.92 bits per heavy atom. The van der Waals surface area contributed by atoms with Crippen molar-refractivity contribution in [2.75, 3.05) is 6.16 Å². The predicted molar refractivity (Wildman–Crippen MR) is 239 cm³/mol. The van der Waals surface area contributed by atoms with Gasteiger partial charge in [-0.1, -0.05) is 129 Å².